The number of carbonyl (C=O) groups is 2. The molecule has 7 heteroatoms. The molecule has 0 radical (unpaired) electrons. The lowest BCUT2D eigenvalue weighted by Gasteiger charge is -2.12. The Bertz CT molecular complexity index is 642. The van der Waals surface area contributed by atoms with Gasteiger partial charge in [-0.25, -0.2) is 0 Å². The Hall–Kier alpha value is -1.86. The third-order valence-corrected chi connectivity index (χ3v) is 4.27. The maximum atomic E-state index is 12.4. The molecule has 1 heterocycles. The van der Waals surface area contributed by atoms with Crippen molar-refractivity contribution < 1.29 is 19.1 Å². The molecule has 0 bridgehead atoms. The summed E-state index contributed by atoms with van der Waals surface area (Å²) in [5.41, 5.74) is 0.779. The smallest absolute Gasteiger partial charge is 0.326 e. The van der Waals surface area contributed by atoms with Gasteiger partial charge in [-0.2, -0.15) is 0 Å². The van der Waals surface area contributed by atoms with Crippen molar-refractivity contribution in [2.45, 2.75) is 6.92 Å². The minimum atomic E-state index is -0.475. The van der Waals surface area contributed by atoms with Crippen LogP contribution in [0.1, 0.15) is 12.5 Å². The molecule has 5 nitrogen and oxygen atoms in total. The Balaban J connectivity index is 2.20. The number of methoxy groups -OCH3 is 1. The van der Waals surface area contributed by atoms with Gasteiger partial charge in [0.15, 0.2) is 0 Å². The number of thiocarbonyl (C=S) groups is 1. The lowest BCUT2D eigenvalue weighted by molar-refractivity contribution is -0.145. The van der Waals surface area contributed by atoms with E-state index in [-0.39, 0.29) is 19.1 Å². The molecule has 1 aromatic carbocycles. The average Bonchev–Trinajstić information content (AvgIpc) is 2.76. The monoisotopic (exact) mass is 337 g/mol. The molecular weight excluding hydrogens is 322 g/mol. The van der Waals surface area contributed by atoms with E-state index in [1.54, 1.807) is 20.1 Å². The molecule has 0 atom stereocenters. The number of rotatable bonds is 5. The maximum Gasteiger partial charge on any atom is 0.326 e. The topological polar surface area (TPSA) is 55.8 Å². The first-order chi connectivity index (χ1) is 10.6. The van der Waals surface area contributed by atoms with E-state index in [9.17, 15) is 9.59 Å². The summed E-state index contributed by atoms with van der Waals surface area (Å²) in [6.45, 7) is 1.82. The number of nitrogens with zero attached hydrogens (tertiary/aromatic N) is 1. The highest BCUT2D eigenvalue weighted by Crippen LogP contribution is 2.34. The van der Waals surface area contributed by atoms with E-state index in [1.807, 2.05) is 24.3 Å². The Kier molecular flexibility index (Phi) is 5.57. The number of amides is 1. The zero-order valence-corrected chi connectivity index (χ0v) is 13.8. The molecule has 0 unspecified atom stereocenters. The predicted octanol–water partition coefficient (Wildman–Crippen LogP) is 2.46. The number of ether oxygens (including phenoxy) is 2. The van der Waals surface area contributed by atoms with Gasteiger partial charge in [-0.1, -0.05) is 42.2 Å². The summed E-state index contributed by atoms with van der Waals surface area (Å²) in [6.07, 6.45) is 1.71. The van der Waals surface area contributed by atoms with Gasteiger partial charge in [0, 0.05) is 5.56 Å². The van der Waals surface area contributed by atoms with Crippen LogP contribution >= 0.6 is 24.0 Å². The summed E-state index contributed by atoms with van der Waals surface area (Å²) in [5.74, 6) is -0.107. The molecule has 116 valence electrons. The fourth-order valence-electron chi connectivity index (χ4n) is 1.90. The quantitative estimate of drug-likeness (QED) is 0.467. The van der Waals surface area contributed by atoms with Crippen molar-refractivity contribution in [3.63, 3.8) is 0 Å². The highest BCUT2D eigenvalue weighted by atomic mass is 32.2. The molecule has 0 aromatic heterocycles. The van der Waals surface area contributed by atoms with Crippen molar-refractivity contribution in [2.75, 3.05) is 20.3 Å². The summed E-state index contributed by atoms with van der Waals surface area (Å²) in [5, 5.41) is 0. The number of hydrogen-bond acceptors (Lipinski definition) is 6. The standard InChI is InChI=1S/C15H15NO4S2/c1-3-20-13(17)9-16-14(18)12(22-15(16)21)8-10-6-4-5-7-11(10)19-2/h4-8H,3,9H2,1-2H3/b12-8-. The van der Waals surface area contributed by atoms with Gasteiger partial charge in [0.2, 0.25) is 0 Å². The third-order valence-electron chi connectivity index (χ3n) is 2.89. The number of carbonyl (C=O) groups excluding carboxylic acids is 2. The first-order valence-corrected chi connectivity index (χ1v) is 7.83. The van der Waals surface area contributed by atoms with Crippen LogP contribution in [0.25, 0.3) is 6.08 Å². The van der Waals surface area contributed by atoms with E-state index >= 15 is 0 Å². The molecule has 1 saturated heterocycles. The minimum Gasteiger partial charge on any atom is -0.496 e. The molecule has 1 aromatic rings. The zero-order chi connectivity index (χ0) is 16.1. The molecule has 2 rings (SSSR count). The van der Waals surface area contributed by atoms with Gasteiger partial charge >= 0.3 is 5.97 Å². The first kappa shape index (κ1) is 16.5. The van der Waals surface area contributed by atoms with Gasteiger partial charge in [0.05, 0.1) is 18.6 Å². The Morgan fingerprint density at radius 3 is 2.82 bits per heavy atom. The fraction of sp³-hybridized carbons (Fsp3) is 0.267. The maximum absolute atomic E-state index is 12.4. The van der Waals surface area contributed by atoms with Crippen LogP contribution in [0.4, 0.5) is 0 Å². The molecule has 0 saturated carbocycles. The van der Waals surface area contributed by atoms with Crippen LogP contribution in [0.3, 0.4) is 0 Å². The molecule has 1 fully saturated rings. The largest absolute Gasteiger partial charge is 0.496 e. The molecular formula is C15H15NO4S2. The lowest BCUT2D eigenvalue weighted by Crippen LogP contribution is -2.34. The van der Waals surface area contributed by atoms with Gasteiger partial charge in [-0.05, 0) is 19.1 Å². The molecule has 22 heavy (non-hydrogen) atoms. The van der Waals surface area contributed by atoms with Crippen LogP contribution in [0.15, 0.2) is 29.2 Å². The van der Waals surface area contributed by atoms with E-state index in [4.69, 9.17) is 21.7 Å². The zero-order valence-electron chi connectivity index (χ0n) is 12.2. The van der Waals surface area contributed by atoms with Crippen LogP contribution in [-0.2, 0) is 14.3 Å². The first-order valence-electron chi connectivity index (χ1n) is 6.60. The molecule has 1 amide bonds. The van der Waals surface area contributed by atoms with E-state index in [0.717, 1.165) is 17.3 Å². The minimum absolute atomic E-state index is 0.165. The average molecular weight is 337 g/mol. The summed E-state index contributed by atoms with van der Waals surface area (Å²) in [4.78, 5) is 25.6. The molecule has 0 spiro atoms. The Labute approximate surface area is 138 Å². The van der Waals surface area contributed by atoms with Gasteiger partial charge in [0.1, 0.15) is 16.6 Å². The van der Waals surface area contributed by atoms with Gasteiger partial charge in [-0.15, -0.1) is 0 Å². The number of para-hydroxylation sites is 1. The fourth-order valence-corrected chi connectivity index (χ4v) is 3.14. The van der Waals surface area contributed by atoms with Gasteiger partial charge in [-0.3, -0.25) is 14.5 Å². The van der Waals surface area contributed by atoms with Crippen molar-refractivity contribution in [3.8, 4) is 5.75 Å². The van der Waals surface area contributed by atoms with E-state index in [1.165, 1.54) is 4.90 Å². The van der Waals surface area contributed by atoms with Gasteiger partial charge in [0.25, 0.3) is 5.91 Å². The van der Waals surface area contributed by atoms with Crippen LogP contribution in [-0.4, -0.2) is 41.4 Å². The highest BCUT2D eigenvalue weighted by molar-refractivity contribution is 8.26. The van der Waals surface area contributed by atoms with Crippen LogP contribution in [0.2, 0.25) is 0 Å². The van der Waals surface area contributed by atoms with E-state index in [2.05, 4.69) is 0 Å². The van der Waals surface area contributed by atoms with Crippen molar-refractivity contribution >= 4 is 46.3 Å². The molecule has 0 aliphatic carbocycles. The summed E-state index contributed by atoms with van der Waals surface area (Å²) < 4.78 is 10.5. The number of esters is 1. The second kappa shape index (κ2) is 7.42. The van der Waals surface area contributed by atoms with E-state index < -0.39 is 5.97 Å². The predicted molar refractivity (Wildman–Crippen MR) is 89.5 cm³/mol. The molecule has 0 N–H and O–H groups in total. The van der Waals surface area contributed by atoms with Crippen LogP contribution in [0.5, 0.6) is 5.75 Å². The second-order valence-corrected chi connectivity index (χ2v) is 5.99. The summed E-state index contributed by atoms with van der Waals surface area (Å²) in [7, 11) is 1.57. The second-order valence-electron chi connectivity index (χ2n) is 4.31. The normalized spacial score (nSPS) is 16.3. The van der Waals surface area contributed by atoms with Crippen molar-refractivity contribution in [1.29, 1.82) is 0 Å². The van der Waals surface area contributed by atoms with Crippen molar-refractivity contribution in [2.24, 2.45) is 0 Å². The van der Waals surface area contributed by atoms with Crippen LogP contribution < -0.4 is 4.74 Å². The molecule has 1 aliphatic heterocycles. The molecule has 1 aliphatic rings. The number of thioether (sulfide) groups is 1. The summed E-state index contributed by atoms with van der Waals surface area (Å²) in [6, 6.07) is 7.36. The number of benzene rings is 1. The van der Waals surface area contributed by atoms with Crippen LogP contribution in [0, 0.1) is 0 Å². The summed E-state index contributed by atoms with van der Waals surface area (Å²) >= 11 is 6.32. The highest BCUT2D eigenvalue weighted by Gasteiger charge is 2.33. The third kappa shape index (κ3) is 3.66. The van der Waals surface area contributed by atoms with E-state index in [0.29, 0.717) is 15.0 Å². The lowest BCUT2D eigenvalue weighted by atomic mass is 10.2. The Morgan fingerprint density at radius 1 is 1.41 bits per heavy atom. The van der Waals surface area contributed by atoms with Gasteiger partial charge < -0.3 is 9.47 Å². The SMILES string of the molecule is CCOC(=O)CN1C(=O)/C(=C/c2ccccc2OC)SC1=S. The van der Waals surface area contributed by atoms with Crippen molar-refractivity contribution in [3.05, 3.63) is 34.7 Å². The van der Waals surface area contributed by atoms with Crippen molar-refractivity contribution in [1.82, 2.24) is 4.90 Å². The number of hydrogen-bond donors (Lipinski definition) is 0. The Morgan fingerprint density at radius 2 is 2.14 bits per heavy atom.